The number of benzene rings is 2. The maximum Gasteiger partial charge on any atom is 0.309 e. The van der Waals surface area contributed by atoms with E-state index in [1.807, 2.05) is 31.2 Å². The first kappa shape index (κ1) is 23.2. The van der Waals surface area contributed by atoms with Crippen LogP contribution in [0.15, 0.2) is 48.5 Å². The average molecular weight is 442 g/mol. The van der Waals surface area contributed by atoms with Crippen LogP contribution in [0.1, 0.15) is 28.8 Å². The number of hydrogen-bond acceptors (Lipinski definition) is 5. The first-order valence-corrected chi connectivity index (χ1v) is 10.6. The maximum absolute atomic E-state index is 13.0. The molecule has 0 aliphatic carbocycles. The highest BCUT2D eigenvalue weighted by atomic mass is 19.1. The molecular weight excluding hydrogens is 415 g/mol. The average Bonchev–Trinajstić information content (AvgIpc) is 2.80. The third kappa shape index (κ3) is 6.80. The van der Waals surface area contributed by atoms with Gasteiger partial charge in [0.05, 0.1) is 12.5 Å². The van der Waals surface area contributed by atoms with Crippen LogP contribution in [-0.2, 0) is 14.3 Å². The summed E-state index contributed by atoms with van der Waals surface area (Å²) in [5.41, 5.74) is 1.50. The van der Waals surface area contributed by atoms with Crippen LogP contribution in [0.5, 0.6) is 5.75 Å². The number of halogens is 1. The number of carbonyl (C=O) groups excluding carboxylic acids is 3. The lowest BCUT2D eigenvalue weighted by molar-refractivity contribution is -0.153. The minimum absolute atomic E-state index is 0.191. The van der Waals surface area contributed by atoms with Crippen molar-refractivity contribution in [2.75, 3.05) is 32.8 Å². The van der Waals surface area contributed by atoms with Gasteiger partial charge in [-0.05, 0) is 61.7 Å². The molecule has 0 spiro atoms. The van der Waals surface area contributed by atoms with Crippen molar-refractivity contribution in [3.63, 3.8) is 0 Å². The molecule has 0 radical (unpaired) electrons. The van der Waals surface area contributed by atoms with E-state index in [2.05, 4.69) is 5.32 Å². The van der Waals surface area contributed by atoms with E-state index in [4.69, 9.17) is 9.47 Å². The number of ether oxygens (including phenoxy) is 2. The lowest BCUT2D eigenvalue weighted by atomic mass is 9.96. The molecule has 2 amide bonds. The molecule has 1 heterocycles. The van der Waals surface area contributed by atoms with Gasteiger partial charge in [-0.2, -0.15) is 0 Å². The minimum Gasteiger partial charge on any atom is -0.492 e. The zero-order chi connectivity index (χ0) is 22.9. The predicted octanol–water partition coefficient (Wildman–Crippen LogP) is 2.72. The van der Waals surface area contributed by atoms with Crippen molar-refractivity contribution < 1.29 is 28.2 Å². The Morgan fingerprint density at radius 2 is 1.81 bits per heavy atom. The van der Waals surface area contributed by atoms with Crippen LogP contribution in [0, 0.1) is 18.7 Å². The van der Waals surface area contributed by atoms with E-state index in [1.165, 1.54) is 24.3 Å². The van der Waals surface area contributed by atoms with Crippen molar-refractivity contribution in [2.45, 2.75) is 19.8 Å². The molecule has 170 valence electrons. The highest BCUT2D eigenvalue weighted by molar-refractivity contribution is 5.94. The van der Waals surface area contributed by atoms with Gasteiger partial charge in [-0.1, -0.05) is 12.1 Å². The molecule has 0 atom stereocenters. The number of aryl methyl sites for hydroxylation is 1. The molecule has 0 saturated carbocycles. The summed E-state index contributed by atoms with van der Waals surface area (Å²) in [4.78, 5) is 38.3. The van der Waals surface area contributed by atoms with E-state index in [-0.39, 0.29) is 18.4 Å². The van der Waals surface area contributed by atoms with Gasteiger partial charge in [0, 0.05) is 18.7 Å². The Labute approximate surface area is 186 Å². The van der Waals surface area contributed by atoms with Gasteiger partial charge in [0.1, 0.15) is 18.2 Å². The van der Waals surface area contributed by atoms with Gasteiger partial charge >= 0.3 is 5.97 Å². The molecule has 1 aliphatic rings. The topological polar surface area (TPSA) is 84.9 Å². The Bertz CT molecular complexity index is 940. The number of amides is 2. The lowest BCUT2D eigenvalue weighted by Crippen LogP contribution is -2.41. The second kappa shape index (κ2) is 11.3. The molecule has 3 rings (SSSR count). The predicted molar refractivity (Wildman–Crippen MR) is 116 cm³/mol. The molecule has 2 aromatic carbocycles. The molecule has 8 heteroatoms. The van der Waals surface area contributed by atoms with Crippen LogP contribution in [0.3, 0.4) is 0 Å². The largest absolute Gasteiger partial charge is 0.492 e. The quantitative estimate of drug-likeness (QED) is 0.502. The van der Waals surface area contributed by atoms with E-state index in [0.717, 1.165) is 11.3 Å². The number of nitrogens with zero attached hydrogens (tertiary/aromatic N) is 1. The number of nitrogens with one attached hydrogen (secondary N) is 1. The number of piperidine rings is 1. The van der Waals surface area contributed by atoms with Crippen molar-refractivity contribution in [1.82, 2.24) is 10.2 Å². The molecule has 0 bridgehead atoms. The molecule has 7 nitrogen and oxygen atoms in total. The molecule has 0 aromatic heterocycles. The summed E-state index contributed by atoms with van der Waals surface area (Å²) in [6.45, 7) is 3.03. The minimum atomic E-state index is -0.440. The van der Waals surface area contributed by atoms with Crippen molar-refractivity contribution in [1.29, 1.82) is 0 Å². The fourth-order valence-electron chi connectivity index (χ4n) is 3.46. The fourth-order valence-corrected chi connectivity index (χ4v) is 3.46. The number of esters is 1. The van der Waals surface area contributed by atoms with Gasteiger partial charge in [-0.15, -0.1) is 0 Å². The van der Waals surface area contributed by atoms with Crippen LogP contribution in [0.4, 0.5) is 4.39 Å². The summed E-state index contributed by atoms with van der Waals surface area (Å²) < 4.78 is 23.7. The monoisotopic (exact) mass is 442 g/mol. The summed E-state index contributed by atoms with van der Waals surface area (Å²) >= 11 is 0. The molecule has 0 unspecified atom stereocenters. The summed E-state index contributed by atoms with van der Waals surface area (Å²) in [6.07, 6.45) is 0.912. The van der Waals surface area contributed by atoms with Crippen molar-refractivity contribution in [3.05, 3.63) is 65.5 Å². The Kier molecular flexibility index (Phi) is 8.19. The molecule has 1 N–H and O–H groups in total. The molecule has 32 heavy (non-hydrogen) atoms. The molecule has 2 aromatic rings. The second-order valence-corrected chi connectivity index (χ2v) is 7.70. The first-order valence-electron chi connectivity index (χ1n) is 10.6. The Morgan fingerprint density at radius 1 is 1.09 bits per heavy atom. The fraction of sp³-hybridized carbons (Fsp3) is 0.375. The van der Waals surface area contributed by atoms with Crippen LogP contribution in [0.25, 0.3) is 0 Å². The number of carbonyl (C=O) groups is 3. The van der Waals surface area contributed by atoms with Gasteiger partial charge < -0.3 is 19.7 Å². The van der Waals surface area contributed by atoms with Gasteiger partial charge in [0.15, 0.2) is 6.61 Å². The SMILES string of the molecule is Cc1cccc(OCCNC(=O)COC(=O)C2CCN(C(=O)c3ccc(F)cc3)CC2)c1. The smallest absolute Gasteiger partial charge is 0.309 e. The van der Waals surface area contributed by atoms with Gasteiger partial charge in [-0.25, -0.2) is 4.39 Å². The van der Waals surface area contributed by atoms with Crippen molar-refractivity contribution in [3.8, 4) is 5.75 Å². The van der Waals surface area contributed by atoms with Crippen LogP contribution >= 0.6 is 0 Å². The third-order valence-electron chi connectivity index (χ3n) is 5.23. The van der Waals surface area contributed by atoms with Crippen molar-refractivity contribution >= 4 is 17.8 Å². The summed E-state index contributed by atoms with van der Waals surface area (Å²) in [5, 5.41) is 2.65. The highest BCUT2D eigenvalue weighted by Gasteiger charge is 2.29. The van der Waals surface area contributed by atoms with E-state index >= 15 is 0 Å². The summed E-state index contributed by atoms with van der Waals surface area (Å²) in [6, 6.07) is 13.0. The molecule has 1 fully saturated rings. The molecular formula is C24H27FN2O5. The zero-order valence-corrected chi connectivity index (χ0v) is 18.0. The van der Waals surface area contributed by atoms with E-state index in [1.54, 1.807) is 4.90 Å². The summed E-state index contributed by atoms with van der Waals surface area (Å²) in [7, 11) is 0. The first-order chi connectivity index (χ1) is 15.4. The van der Waals surface area contributed by atoms with E-state index in [9.17, 15) is 18.8 Å². The molecule has 1 aliphatic heterocycles. The number of likely N-dealkylation sites (tertiary alicyclic amines) is 1. The number of hydrogen-bond donors (Lipinski definition) is 1. The Balaban J connectivity index is 1.32. The van der Waals surface area contributed by atoms with E-state index < -0.39 is 17.7 Å². The Morgan fingerprint density at radius 3 is 2.50 bits per heavy atom. The second-order valence-electron chi connectivity index (χ2n) is 7.70. The van der Waals surface area contributed by atoms with Gasteiger partial charge in [-0.3, -0.25) is 14.4 Å². The van der Waals surface area contributed by atoms with Crippen LogP contribution < -0.4 is 10.1 Å². The lowest BCUT2D eigenvalue weighted by Gasteiger charge is -2.31. The highest BCUT2D eigenvalue weighted by Crippen LogP contribution is 2.20. The van der Waals surface area contributed by atoms with Crippen LogP contribution in [-0.4, -0.2) is 55.5 Å². The normalized spacial score (nSPS) is 14.0. The molecule has 1 saturated heterocycles. The van der Waals surface area contributed by atoms with E-state index in [0.29, 0.717) is 44.6 Å². The maximum atomic E-state index is 13.0. The number of rotatable bonds is 8. The van der Waals surface area contributed by atoms with Crippen molar-refractivity contribution in [2.24, 2.45) is 5.92 Å². The Hall–Kier alpha value is -3.42. The third-order valence-corrected chi connectivity index (χ3v) is 5.23. The summed E-state index contributed by atoms with van der Waals surface area (Å²) in [5.74, 6) is -1.05. The standard InChI is InChI=1S/C24H27FN2O5/c1-17-3-2-4-21(15-17)31-14-11-26-22(28)16-32-24(30)19-9-12-27(13-10-19)23(29)18-5-7-20(25)8-6-18/h2-8,15,19H,9-14,16H2,1H3,(H,26,28). The zero-order valence-electron chi connectivity index (χ0n) is 18.0. The van der Waals surface area contributed by atoms with Crippen LogP contribution in [0.2, 0.25) is 0 Å². The van der Waals surface area contributed by atoms with Gasteiger partial charge in [0.25, 0.3) is 11.8 Å². The van der Waals surface area contributed by atoms with Gasteiger partial charge in [0.2, 0.25) is 0 Å².